The van der Waals surface area contributed by atoms with E-state index in [2.05, 4.69) is 0 Å². The lowest BCUT2D eigenvalue weighted by molar-refractivity contribution is -0.140. The van der Waals surface area contributed by atoms with E-state index in [1.165, 1.54) is 6.07 Å². The summed E-state index contributed by atoms with van der Waals surface area (Å²) in [4.78, 5) is 0. The third-order valence-electron chi connectivity index (χ3n) is 2.83. The largest absolute Gasteiger partial charge is 0.419 e. The van der Waals surface area contributed by atoms with Crippen molar-refractivity contribution < 1.29 is 22.3 Å². The average Bonchev–Trinajstić information content (AvgIpc) is 2.27. The molecule has 2 nitrogen and oxygen atoms in total. The molecule has 6 heteroatoms. The van der Waals surface area contributed by atoms with Gasteiger partial charge >= 0.3 is 6.18 Å². The van der Waals surface area contributed by atoms with Crippen LogP contribution in [-0.4, -0.2) is 13.7 Å². The van der Waals surface area contributed by atoms with Crippen LogP contribution in [0.3, 0.4) is 0 Å². The standard InChI is InChI=1S/C13H17F4NO/c1-8(7-19-2)5-12(18)9-3-4-11(14)10(6-9)13(15,16)17/h3-4,6,8,12H,5,7,18H2,1-2H3. The number of halogens is 4. The number of hydrogen-bond donors (Lipinski definition) is 1. The fourth-order valence-corrected chi connectivity index (χ4v) is 1.91. The molecule has 0 radical (unpaired) electrons. The zero-order valence-electron chi connectivity index (χ0n) is 10.8. The van der Waals surface area contributed by atoms with Gasteiger partial charge in [0.1, 0.15) is 5.82 Å². The molecular formula is C13H17F4NO. The van der Waals surface area contributed by atoms with Crippen molar-refractivity contribution in [2.24, 2.45) is 11.7 Å². The van der Waals surface area contributed by atoms with E-state index in [-0.39, 0.29) is 11.5 Å². The van der Waals surface area contributed by atoms with Crippen molar-refractivity contribution in [3.8, 4) is 0 Å². The molecule has 2 N–H and O–H groups in total. The summed E-state index contributed by atoms with van der Waals surface area (Å²) < 4.78 is 55.8. The number of methoxy groups -OCH3 is 1. The molecule has 0 amide bonds. The lowest BCUT2D eigenvalue weighted by atomic mass is 9.95. The molecule has 0 saturated carbocycles. The zero-order chi connectivity index (χ0) is 14.6. The smallest absolute Gasteiger partial charge is 0.384 e. The Morgan fingerprint density at radius 3 is 2.47 bits per heavy atom. The van der Waals surface area contributed by atoms with E-state index in [1.54, 1.807) is 7.11 Å². The first kappa shape index (κ1) is 15.9. The average molecular weight is 279 g/mol. The summed E-state index contributed by atoms with van der Waals surface area (Å²) in [6, 6.07) is 2.29. The molecule has 0 aliphatic rings. The summed E-state index contributed by atoms with van der Waals surface area (Å²) in [6.45, 7) is 2.36. The summed E-state index contributed by atoms with van der Waals surface area (Å²) in [5.41, 5.74) is 4.84. The fraction of sp³-hybridized carbons (Fsp3) is 0.538. The van der Waals surface area contributed by atoms with Crippen molar-refractivity contribution in [2.75, 3.05) is 13.7 Å². The highest BCUT2D eigenvalue weighted by Crippen LogP contribution is 2.33. The van der Waals surface area contributed by atoms with Crippen molar-refractivity contribution >= 4 is 0 Å². The van der Waals surface area contributed by atoms with Crippen LogP contribution in [-0.2, 0) is 10.9 Å². The van der Waals surface area contributed by atoms with Crippen molar-refractivity contribution in [1.29, 1.82) is 0 Å². The topological polar surface area (TPSA) is 35.2 Å². The van der Waals surface area contributed by atoms with Crippen LogP contribution in [0, 0.1) is 11.7 Å². The first-order valence-electron chi connectivity index (χ1n) is 5.86. The zero-order valence-corrected chi connectivity index (χ0v) is 10.8. The molecule has 1 aromatic rings. The van der Waals surface area contributed by atoms with Crippen molar-refractivity contribution in [3.63, 3.8) is 0 Å². The predicted octanol–water partition coefficient (Wildman–Crippen LogP) is 3.52. The first-order valence-corrected chi connectivity index (χ1v) is 5.86. The van der Waals surface area contributed by atoms with Crippen molar-refractivity contribution in [1.82, 2.24) is 0 Å². The Morgan fingerprint density at radius 2 is 1.95 bits per heavy atom. The molecule has 0 aromatic heterocycles. The number of nitrogens with two attached hydrogens (primary N) is 1. The summed E-state index contributed by atoms with van der Waals surface area (Å²) in [5, 5.41) is 0. The van der Waals surface area contributed by atoms with E-state index in [0.717, 1.165) is 12.1 Å². The molecule has 2 unspecified atom stereocenters. The van der Waals surface area contributed by atoms with E-state index in [1.807, 2.05) is 6.92 Å². The summed E-state index contributed by atoms with van der Waals surface area (Å²) >= 11 is 0. The Balaban J connectivity index is 2.90. The van der Waals surface area contributed by atoms with Gasteiger partial charge in [0.15, 0.2) is 0 Å². The second-order valence-corrected chi connectivity index (χ2v) is 4.64. The fourth-order valence-electron chi connectivity index (χ4n) is 1.91. The molecule has 0 spiro atoms. The van der Waals surface area contributed by atoms with Gasteiger partial charge in [-0.25, -0.2) is 4.39 Å². The van der Waals surface area contributed by atoms with Crippen molar-refractivity contribution in [2.45, 2.75) is 25.6 Å². The van der Waals surface area contributed by atoms with Gasteiger partial charge in [0.2, 0.25) is 0 Å². The minimum Gasteiger partial charge on any atom is -0.384 e. The molecule has 19 heavy (non-hydrogen) atoms. The van der Waals surface area contributed by atoms with Crippen molar-refractivity contribution in [3.05, 3.63) is 35.1 Å². The van der Waals surface area contributed by atoms with Crippen LogP contribution in [0.5, 0.6) is 0 Å². The Labute approximate surface area is 109 Å². The van der Waals surface area contributed by atoms with Gasteiger partial charge in [0.25, 0.3) is 0 Å². The minimum absolute atomic E-state index is 0.111. The lowest BCUT2D eigenvalue weighted by Gasteiger charge is -2.18. The molecule has 2 atom stereocenters. The molecule has 0 aliphatic carbocycles. The number of hydrogen-bond acceptors (Lipinski definition) is 2. The normalized spacial score (nSPS) is 15.3. The second kappa shape index (κ2) is 6.34. The van der Waals surface area contributed by atoms with Gasteiger partial charge in [-0.05, 0) is 30.0 Å². The maximum Gasteiger partial charge on any atom is 0.419 e. The lowest BCUT2D eigenvalue weighted by Crippen LogP contribution is -2.18. The Kier molecular flexibility index (Phi) is 5.31. The number of benzene rings is 1. The van der Waals surface area contributed by atoms with E-state index in [9.17, 15) is 17.6 Å². The highest BCUT2D eigenvalue weighted by atomic mass is 19.4. The van der Waals surface area contributed by atoms with Crippen LogP contribution < -0.4 is 5.73 Å². The molecule has 0 saturated heterocycles. The number of ether oxygens (including phenoxy) is 1. The molecule has 1 aromatic carbocycles. The van der Waals surface area contributed by atoms with E-state index in [4.69, 9.17) is 10.5 Å². The summed E-state index contributed by atoms with van der Waals surface area (Å²) in [5.74, 6) is -1.17. The maximum absolute atomic E-state index is 13.1. The highest BCUT2D eigenvalue weighted by Gasteiger charge is 2.34. The second-order valence-electron chi connectivity index (χ2n) is 4.64. The van der Waals surface area contributed by atoms with Gasteiger partial charge in [-0.1, -0.05) is 13.0 Å². The molecule has 1 rings (SSSR count). The molecule has 108 valence electrons. The molecule has 0 aliphatic heterocycles. The Morgan fingerprint density at radius 1 is 1.32 bits per heavy atom. The number of alkyl halides is 3. The van der Waals surface area contributed by atoms with E-state index >= 15 is 0 Å². The third-order valence-corrected chi connectivity index (χ3v) is 2.83. The van der Waals surface area contributed by atoms with Crippen LogP contribution >= 0.6 is 0 Å². The minimum atomic E-state index is -4.71. The van der Waals surface area contributed by atoms with Gasteiger partial charge in [0, 0.05) is 19.8 Å². The predicted molar refractivity (Wildman–Crippen MR) is 64.0 cm³/mol. The van der Waals surface area contributed by atoms with Crippen LogP contribution in [0.2, 0.25) is 0 Å². The van der Waals surface area contributed by atoms with Crippen LogP contribution in [0.15, 0.2) is 18.2 Å². The van der Waals surface area contributed by atoms with Crippen LogP contribution in [0.1, 0.15) is 30.5 Å². The van der Waals surface area contributed by atoms with E-state index < -0.39 is 23.6 Å². The van der Waals surface area contributed by atoms with Crippen LogP contribution in [0.25, 0.3) is 0 Å². The Bertz CT molecular complexity index is 420. The summed E-state index contributed by atoms with van der Waals surface area (Å²) in [6.07, 6.45) is -4.24. The number of rotatable bonds is 5. The SMILES string of the molecule is COCC(C)CC(N)c1ccc(F)c(C(F)(F)F)c1. The summed E-state index contributed by atoms with van der Waals surface area (Å²) in [7, 11) is 1.54. The van der Waals surface area contributed by atoms with Gasteiger partial charge < -0.3 is 10.5 Å². The first-order chi connectivity index (χ1) is 8.75. The van der Waals surface area contributed by atoms with Gasteiger partial charge in [-0.3, -0.25) is 0 Å². The van der Waals surface area contributed by atoms with E-state index in [0.29, 0.717) is 13.0 Å². The quantitative estimate of drug-likeness (QED) is 0.837. The van der Waals surface area contributed by atoms with Gasteiger partial charge in [-0.2, -0.15) is 13.2 Å². The van der Waals surface area contributed by atoms with Gasteiger partial charge in [0.05, 0.1) is 5.56 Å². The van der Waals surface area contributed by atoms with Crippen LogP contribution in [0.4, 0.5) is 17.6 Å². The third kappa shape index (κ3) is 4.47. The molecule has 0 fully saturated rings. The Hall–Kier alpha value is -1.14. The molecular weight excluding hydrogens is 262 g/mol. The highest BCUT2D eigenvalue weighted by molar-refractivity contribution is 5.29. The van der Waals surface area contributed by atoms with Gasteiger partial charge in [-0.15, -0.1) is 0 Å². The maximum atomic E-state index is 13.1. The molecule has 0 bridgehead atoms. The monoisotopic (exact) mass is 279 g/mol. The molecule has 0 heterocycles.